The Hall–Kier alpha value is -2.70. The average Bonchev–Trinajstić information content (AvgIpc) is 3.12. The second-order valence-electron chi connectivity index (χ2n) is 5.60. The molecule has 3 aromatic rings. The Morgan fingerprint density at radius 2 is 1.88 bits per heavy atom. The second-order valence-corrected chi connectivity index (χ2v) is 6.03. The Labute approximate surface area is 156 Å². The molecule has 3 rings (SSSR count). The Morgan fingerprint density at radius 1 is 1.12 bits per heavy atom. The Morgan fingerprint density at radius 3 is 2.65 bits per heavy atom. The van der Waals surface area contributed by atoms with E-state index in [2.05, 4.69) is 15.5 Å². The summed E-state index contributed by atoms with van der Waals surface area (Å²) in [6, 6.07) is 16.9. The predicted octanol–water partition coefficient (Wildman–Crippen LogP) is 3.27. The molecule has 0 fully saturated rings. The minimum Gasteiger partial charge on any atom is -0.367 e. The third-order valence-corrected chi connectivity index (χ3v) is 3.83. The maximum absolute atomic E-state index is 11.8. The van der Waals surface area contributed by atoms with Crippen LogP contribution in [0.2, 0.25) is 5.02 Å². The van der Waals surface area contributed by atoms with Crippen molar-refractivity contribution in [3.8, 4) is 11.4 Å². The first-order valence-electron chi connectivity index (χ1n) is 8.17. The van der Waals surface area contributed by atoms with Crippen molar-refractivity contribution in [2.24, 2.45) is 0 Å². The first-order valence-corrected chi connectivity index (χ1v) is 8.55. The van der Waals surface area contributed by atoms with Gasteiger partial charge in [-0.05, 0) is 29.8 Å². The number of halogens is 1. The molecule has 1 N–H and O–H groups in total. The van der Waals surface area contributed by atoms with Crippen molar-refractivity contribution < 1.29 is 14.1 Å². The SMILES string of the molecule is O=C(COCc1ccccc1)NCCc1nc(-c2ccc(Cl)cc2)no1. The topological polar surface area (TPSA) is 77.2 Å². The summed E-state index contributed by atoms with van der Waals surface area (Å²) < 4.78 is 10.6. The third-order valence-electron chi connectivity index (χ3n) is 3.58. The first-order chi connectivity index (χ1) is 12.7. The van der Waals surface area contributed by atoms with E-state index in [0.717, 1.165) is 11.1 Å². The van der Waals surface area contributed by atoms with Gasteiger partial charge >= 0.3 is 0 Å². The van der Waals surface area contributed by atoms with Crippen LogP contribution in [0.15, 0.2) is 59.1 Å². The van der Waals surface area contributed by atoms with Crippen molar-refractivity contribution in [3.63, 3.8) is 0 Å². The van der Waals surface area contributed by atoms with Gasteiger partial charge in [-0.1, -0.05) is 47.1 Å². The van der Waals surface area contributed by atoms with E-state index in [1.807, 2.05) is 42.5 Å². The Kier molecular flexibility index (Phi) is 6.35. The number of ether oxygens (including phenoxy) is 1. The number of carbonyl (C=O) groups excluding carboxylic acids is 1. The molecule has 0 radical (unpaired) electrons. The fraction of sp³-hybridized carbons (Fsp3) is 0.211. The first kappa shape index (κ1) is 18.1. The van der Waals surface area contributed by atoms with Gasteiger partial charge in [0, 0.05) is 23.6 Å². The van der Waals surface area contributed by atoms with Crippen molar-refractivity contribution >= 4 is 17.5 Å². The molecule has 0 aliphatic rings. The molecule has 1 amide bonds. The highest BCUT2D eigenvalue weighted by molar-refractivity contribution is 6.30. The maximum Gasteiger partial charge on any atom is 0.246 e. The van der Waals surface area contributed by atoms with Crippen molar-refractivity contribution in [1.29, 1.82) is 0 Å². The Bertz CT molecular complexity index is 835. The molecule has 26 heavy (non-hydrogen) atoms. The normalized spacial score (nSPS) is 10.7. The van der Waals surface area contributed by atoms with Gasteiger partial charge in [-0.3, -0.25) is 4.79 Å². The van der Waals surface area contributed by atoms with Gasteiger partial charge in [0.2, 0.25) is 17.6 Å². The van der Waals surface area contributed by atoms with Gasteiger partial charge in [-0.15, -0.1) is 0 Å². The number of rotatable bonds is 8. The molecule has 0 aliphatic heterocycles. The van der Waals surface area contributed by atoms with Crippen LogP contribution in [0.4, 0.5) is 0 Å². The van der Waals surface area contributed by atoms with Crippen LogP contribution in [0.25, 0.3) is 11.4 Å². The molecular weight excluding hydrogens is 354 g/mol. The summed E-state index contributed by atoms with van der Waals surface area (Å²) in [6.45, 7) is 0.812. The zero-order chi connectivity index (χ0) is 18.2. The number of amides is 1. The summed E-state index contributed by atoms with van der Waals surface area (Å²) in [5, 5.41) is 7.34. The summed E-state index contributed by atoms with van der Waals surface area (Å²) in [5.74, 6) is 0.771. The smallest absolute Gasteiger partial charge is 0.246 e. The average molecular weight is 372 g/mol. The van der Waals surface area contributed by atoms with Crippen LogP contribution in [-0.4, -0.2) is 29.2 Å². The number of carbonyl (C=O) groups is 1. The molecule has 1 heterocycles. The lowest BCUT2D eigenvalue weighted by Crippen LogP contribution is -2.29. The van der Waals surface area contributed by atoms with Gasteiger partial charge in [0.1, 0.15) is 6.61 Å². The number of benzene rings is 2. The van der Waals surface area contributed by atoms with E-state index in [4.69, 9.17) is 20.9 Å². The van der Waals surface area contributed by atoms with Crippen LogP contribution >= 0.6 is 11.6 Å². The van der Waals surface area contributed by atoms with E-state index in [0.29, 0.717) is 36.3 Å². The monoisotopic (exact) mass is 371 g/mol. The summed E-state index contributed by atoms with van der Waals surface area (Å²) in [7, 11) is 0. The molecule has 0 bridgehead atoms. The van der Waals surface area contributed by atoms with Gasteiger partial charge < -0.3 is 14.6 Å². The quantitative estimate of drug-likeness (QED) is 0.657. The van der Waals surface area contributed by atoms with E-state index in [1.54, 1.807) is 12.1 Å². The van der Waals surface area contributed by atoms with Crippen molar-refractivity contribution in [1.82, 2.24) is 15.5 Å². The standard InChI is InChI=1S/C19H18ClN3O3/c20-16-8-6-15(7-9-16)19-22-18(26-23-19)10-11-21-17(24)13-25-12-14-4-2-1-3-5-14/h1-9H,10-13H2,(H,21,24). The highest BCUT2D eigenvalue weighted by Gasteiger charge is 2.09. The largest absolute Gasteiger partial charge is 0.367 e. The molecule has 134 valence electrons. The van der Waals surface area contributed by atoms with Crippen LogP contribution in [-0.2, 0) is 22.6 Å². The van der Waals surface area contributed by atoms with Gasteiger partial charge in [-0.25, -0.2) is 0 Å². The molecule has 0 aliphatic carbocycles. The van der Waals surface area contributed by atoms with E-state index >= 15 is 0 Å². The molecule has 2 aromatic carbocycles. The minimum atomic E-state index is -0.182. The third kappa shape index (κ3) is 5.40. The summed E-state index contributed by atoms with van der Waals surface area (Å²) in [5.41, 5.74) is 1.85. The molecule has 7 heteroatoms. The van der Waals surface area contributed by atoms with Crippen LogP contribution in [0.1, 0.15) is 11.5 Å². The number of hydrogen-bond donors (Lipinski definition) is 1. The van der Waals surface area contributed by atoms with Crippen LogP contribution in [0, 0.1) is 0 Å². The Balaban J connectivity index is 1.38. The summed E-state index contributed by atoms with van der Waals surface area (Å²) >= 11 is 5.86. The molecule has 0 saturated carbocycles. The molecule has 1 aromatic heterocycles. The molecule has 0 atom stereocenters. The van der Waals surface area contributed by atoms with Crippen molar-refractivity contribution in [2.75, 3.05) is 13.2 Å². The van der Waals surface area contributed by atoms with Gasteiger partial charge in [-0.2, -0.15) is 4.98 Å². The number of nitrogens with one attached hydrogen (secondary N) is 1. The van der Waals surface area contributed by atoms with Crippen molar-refractivity contribution in [2.45, 2.75) is 13.0 Å². The highest BCUT2D eigenvalue weighted by Crippen LogP contribution is 2.18. The van der Waals surface area contributed by atoms with E-state index in [1.165, 1.54) is 0 Å². The van der Waals surface area contributed by atoms with E-state index < -0.39 is 0 Å². The van der Waals surface area contributed by atoms with Crippen LogP contribution in [0.3, 0.4) is 0 Å². The molecular formula is C19H18ClN3O3. The molecule has 0 saturated heterocycles. The maximum atomic E-state index is 11.8. The van der Waals surface area contributed by atoms with Gasteiger partial charge in [0.25, 0.3) is 0 Å². The highest BCUT2D eigenvalue weighted by atomic mass is 35.5. The lowest BCUT2D eigenvalue weighted by Gasteiger charge is -2.05. The number of aromatic nitrogens is 2. The second kappa shape index (κ2) is 9.12. The van der Waals surface area contributed by atoms with E-state index in [9.17, 15) is 4.79 Å². The van der Waals surface area contributed by atoms with Crippen molar-refractivity contribution in [3.05, 3.63) is 71.1 Å². The van der Waals surface area contributed by atoms with Gasteiger partial charge in [0.05, 0.1) is 6.61 Å². The van der Waals surface area contributed by atoms with Crippen LogP contribution in [0.5, 0.6) is 0 Å². The fourth-order valence-corrected chi connectivity index (χ4v) is 2.39. The summed E-state index contributed by atoms with van der Waals surface area (Å²) in [4.78, 5) is 16.1. The predicted molar refractivity (Wildman–Crippen MR) is 97.6 cm³/mol. The zero-order valence-corrected chi connectivity index (χ0v) is 14.8. The van der Waals surface area contributed by atoms with Crippen LogP contribution < -0.4 is 5.32 Å². The van der Waals surface area contributed by atoms with E-state index in [-0.39, 0.29) is 12.5 Å². The molecule has 0 spiro atoms. The fourth-order valence-electron chi connectivity index (χ4n) is 2.27. The minimum absolute atomic E-state index is 0.00868. The summed E-state index contributed by atoms with van der Waals surface area (Å²) in [6.07, 6.45) is 0.449. The number of hydrogen-bond acceptors (Lipinski definition) is 5. The molecule has 6 nitrogen and oxygen atoms in total. The zero-order valence-electron chi connectivity index (χ0n) is 14.0. The molecule has 0 unspecified atom stereocenters. The number of nitrogens with zero attached hydrogens (tertiary/aromatic N) is 2. The lowest BCUT2D eigenvalue weighted by molar-refractivity contribution is -0.126. The lowest BCUT2D eigenvalue weighted by atomic mass is 10.2. The van der Waals surface area contributed by atoms with Gasteiger partial charge in [0.15, 0.2) is 0 Å².